The van der Waals surface area contributed by atoms with Crippen molar-refractivity contribution in [1.82, 2.24) is 24.6 Å². The number of halogens is 6. The molecule has 2 unspecified atom stereocenters. The molecular formula is C22H28F6N6O5. The number of aromatic nitrogens is 4. The molecule has 2 aliphatic heterocycles. The van der Waals surface area contributed by atoms with Crippen LogP contribution in [0.1, 0.15) is 24.8 Å². The molecule has 4 heterocycles. The highest BCUT2D eigenvalue weighted by molar-refractivity contribution is 5.73. The van der Waals surface area contributed by atoms with Gasteiger partial charge in [-0.1, -0.05) is 0 Å². The molecule has 2 saturated heterocycles. The van der Waals surface area contributed by atoms with Crippen LogP contribution in [-0.4, -0.2) is 97.5 Å². The lowest BCUT2D eigenvalue weighted by molar-refractivity contribution is -0.193. The maximum Gasteiger partial charge on any atom is 0.490 e. The lowest BCUT2D eigenvalue weighted by Gasteiger charge is -2.39. The minimum absolute atomic E-state index is 0.0336. The molecule has 2 fully saturated rings. The Morgan fingerprint density at radius 1 is 1.13 bits per heavy atom. The average molecular weight is 570 g/mol. The highest BCUT2D eigenvalue weighted by atomic mass is 19.4. The number of piperidine rings is 1. The van der Waals surface area contributed by atoms with Crippen LogP contribution >= 0.6 is 0 Å². The maximum atomic E-state index is 10.6. The first-order valence-corrected chi connectivity index (χ1v) is 11.5. The minimum atomic E-state index is -5.08. The van der Waals surface area contributed by atoms with E-state index in [4.69, 9.17) is 24.5 Å². The number of aliphatic carboxylic acids is 2. The van der Waals surface area contributed by atoms with Crippen molar-refractivity contribution in [2.24, 2.45) is 7.05 Å². The topological polar surface area (TPSA) is 134 Å². The fraction of sp³-hybridized carbons (Fsp3) is 0.591. The Morgan fingerprint density at radius 3 is 2.18 bits per heavy atom. The van der Waals surface area contributed by atoms with Crippen LogP contribution in [0.2, 0.25) is 0 Å². The Morgan fingerprint density at radius 2 is 1.69 bits per heavy atom. The first kappa shape index (κ1) is 31.7. The quantitative estimate of drug-likeness (QED) is 0.529. The van der Waals surface area contributed by atoms with Gasteiger partial charge in [0.05, 0.1) is 24.4 Å². The summed E-state index contributed by atoms with van der Waals surface area (Å²) in [5, 5.41) is 18.5. The van der Waals surface area contributed by atoms with Gasteiger partial charge >= 0.3 is 24.3 Å². The van der Waals surface area contributed by atoms with Crippen molar-refractivity contribution < 1.29 is 50.9 Å². The number of rotatable bonds is 4. The van der Waals surface area contributed by atoms with Crippen LogP contribution in [0.25, 0.3) is 0 Å². The van der Waals surface area contributed by atoms with Crippen LogP contribution in [-0.2, 0) is 27.9 Å². The third-order valence-corrected chi connectivity index (χ3v) is 5.87. The molecule has 218 valence electrons. The van der Waals surface area contributed by atoms with Gasteiger partial charge in [-0.2, -0.15) is 31.4 Å². The summed E-state index contributed by atoms with van der Waals surface area (Å²) >= 11 is 0. The van der Waals surface area contributed by atoms with Crippen LogP contribution in [0.5, 0.6) is 0 Å². The first-order valence-electron chi connectivity index (χ1n) is 11.5. The first-order chi connectivity index (χ1) is 18.0. The highest BCUT2D eigenvalue weighted by Crippen LogP contribution is 2.37. The number of aryl methyl sites for hydroxylation is 1. The molecule has 1 spiro atoms. The molecule has 0 radical (unpaired) electrons. The Hall–Kier alpha value is -3.47. The molecule has 2 N–H and O–H groups in total. The summed E-state index contributed by atoms with van der Waals surface area (Å²) in [6, 6.07) is 2.18. The second-order valence-electron chi connectivity index (χ2n) is 8.95. The molecule has 2 aromatic heterocycles. The number of hydrogen-bond acceptors (Lipinski definition) is 8. The predicted molar refractivity (Wildman–Crippen MR) is 123 cm³/mol. The molecule has 2 atom stereocenters. The van der Waals surface area contributed by atoms with E-state index in [9.17, 15) is 26.3 Å². The Balaban J connectivity index is 0.000000317. The third kappa shape index (κ3) is 9.97. The zero-order valence-corrected chi connectivity index (χ0v) is 21.0. The fourth-order valence-corrected chi connectivity index (χ4v) is 4.13. The highest BCUT2D eigenvalue weighted by Gasteiger charge is 2.45. The smallest absolute Gasteiger partial charge is 0.475 e. The number of carboxylic acids is 2. The lowest BCUT2D eigenvalue weighted by atomic mass is 9.88. The number of alkyl halides is 6. The normalized spacial score (nSPS) is 21.4. The molecule has 11 nitrogen and oxygen atoms in total. The summed E-state index contributed by atoms with van der Waals surface area (Å²) in [5.41, 5.74) is 1.23. The number of nitrogens with zero attached hydrogens (tertiary/aromatic N) is 6. The number of hydrogen-bond donors (Lipinski definition) is 2. The number of anilines is 1. The number of likely N-dealkylation sites (N-methyl/N-ethyl adjacent to an activating group) is 1. The Bertz CT molecular complexity index is 1060. The van der Waals surface area contributed by atoms with E-state index >= 15 is 0 Å². The minimum Gasteiger partial charge on any atom is -0.475 e. The van der Waals surface area contributed by atoms with Crippen molar-refractivity contribution in [3.05, 3.63) is 36.4 Å². The van der Waals surface area contributed by atoms with Gasteiger partial charge in [0.25, 0.3) is 0 Å². The van der Waals surface area contributed by atoms with Gasteiger partial charge < -0.3 is 19.8 Å². The monoisotopic (exact) mass is 570 g/mol. The van der Waals surface area contributed by atoms with Gasteiger partial charge in [0.2, 0.25) is 5.95 Å². The van der Waals surface area contributed by atoms with Crippen LogP contribution in [0.15, 0.2) is 30.9 Å². The van der Waals surface area contributed by atoms with E-state index in [1.54, 1.807) is 12.4 Å². The second-order valence-corrected chi connectivity index (χ2v) is 8.95. The van der Waals surface area contributed by atoms with E-state index in [1.807, 2.05) is 24.0 Å². The predicted octanol–water partition coefficient (Wildman–Crippen LogP) is 2.74. The Labute approximate surface area is 219 Å². The molecule has 0 bridgehead atoms. The summed E-state index contributed by atoms with van der Waals surface area (Å²) in [6.07, 6.45) is 0.821. The van der Waals surface area contributed by atoms with Crippen LogP contribution in [0.4, 0.5) is 32.3 Å². The molecular weight excluding hydrogens is 542 g/mol. The molecule has 4 rings (SSSR count). The summed E-state index contributed by atoms with van der Waals surface area (Å²) in [4.78, 5) is 31.2. The van der Waals surface area contributed by atoms with Gasteiger partial charge in [0, 0.05) is 57.8 Å². The molecule has 0 saturated carbocycles. The van der Waals surface area contributed by atoms with Crippen molar-refractivity contribution in [3.8, 4) is 0 Å². The van der Waals surface area contributed by atoms with E-state index in [-0.39, 0.29) is 5.60 Å². The van der Waals surface area contributed by atoms with Crippen molar-refractivity contribution in [1.29, 1.82) is 0 Å². The molecule has 0 aromatic carbocycles. The molecule has 2 aromatic rings. The summed E-state index contributed by atoms with van der Waals surface area (Å²) in [7, 11) is 4.03. The number of likely N-dealkylation sites (tertiary alicyclic amines) is 1. The third-order valence-electron chi connectivity index (χ3n) is 5.87. The van der Waals surface area contributed by atoms with E-state index in [2.05, 4.69) is 38.1 Å². The largest absolute Gasteiger partial charge is 0.490 e. The van der Waals surface area contributed by atoms with Gasteiger partial charge in [-0.3, -0.25) is 9.58 Å². The van der Waals surface area contributed by atoms with E-state index in [0.717, 1.165) is 45.0 Å². The van der Waals surface area contributed by atoms with Gasteiger partial charge in [-0.15, -0.1) is 0 Å². The second kappa shape index (κ2) is 13.1. The zero-order valence-electron chi connectivity index (χ0n) is 21.0. The van der Waals surface area contributed by atoms with E-state index < -0.39 is 24.3 Å². The van der Waals surface area contributed by atoms with Crippen molar-refractivity contribution in [2.75, 3.05) is 31.6 Å². The lowest BCUT2D eigenvalue weighted by Crippen LogP contribution is -2.48. The maximum absolute atomic E-state index is 10.6. The van der Waals surface area contributed by atoms with Gasteiger partial charge in [-0.25, -0.2) is 19.6 Å². The standard InChI is InChI=1S/C18H26N6O.2C2HF3O2/c1-22-11-15(10-21-22)12-24-8-3-5-18(14-24)9-16(13-25-18)23(2)17-19-6-4-7-20-17;2*3-2(4,5)1(6)7/h4,6-7,10-11,16H,3,5,8-9,12-14H2,1-2H3;2*(H,6,7). The van der Waals surface area contributed by atoms with E-state index in [1.165, 1.54) is 12.0 Å². The molecule has 0 amide bonds. The van der Waals surface area contributed by atoms with Crippen LogP contribution in [0.3, 0.4) is 0 Å². The van der Waals surface area contributed by atoms with Crippen LogP contribution < -0.4 is 4.90 Å². The summed E-state index contributed by atoms with van der Waals surface area (Å²) < 4.78 is 71.7. The molecule has 0 aliphatic carbocycles. The van der Waals surface area contributed by atoms with Crippen molar-refractivity contribution in [2.45, 2.75) is 49.8 Å². The SMILES string of the molecule is CN(c1ncccn1)C1COC2(CCCN(Cc3cnn(C)c3)C2)C1.O=C(O)C(F)(F)F.O=C(O)C(F)(F)F. The number of carboxylic acid groups (broad SMARTS) is 2. The summed E-state index contributed by atoms with van der Waals surface area (Å²) in [5.74, 6) is -4.74. The van der Waals surface area contributed by atoms with E-state index in [0.29, 0.717) is 6.04 Å². The zero-order chi connectivity index (χ0) is 29.4. The van der Waals surface area contributed by atoms with Gasteiger partial charge in [0.1, 0.15) is 0 Å². The van der Waals surface area contributed by atoms with Gasteiger partial charge in [0.15, 0.2) is 0 Å². The fourth-order valence-electron chi connectivity index (χ4n) is 4.13. The number of carbonyl (C=O) groups is 2. The average Bonchev–Trinajstić information content (AvgIpc) is 3.44. The molecule has 2 aliphatic rings. The van der Waals surface area contributed by atoms with Gasteiger partial charge in [-0.05, 0) is 25.5 Å². The van der Waals surface area contributed by atoms with Crippen molar-refractivity contribution >= 4 is 17.9 Å². The van der Waals surface area contributed by atoms with Crippen LogP contribution in [0, 0.1) is 0 Å². The summed E-state index contributed by atoms with van der Waals surface area (Å²) in [6.45, 7) is 3.81. The Kier molecular flexibility index (Phi) is 10.6. The molecule has 39 heavy (non-hydrogen) atoms. The number of ether oxygens (including phenoxy) is 1. The van der Waals surface area contributed by atoms with Crippen molar-refractivity contribution in [3.63, 3.8) is 0 Å². The molecule has 17 heteroatoms.